The molecule has 2 aliphatic carbocycles. The minimum atomic E-state index is -1.36. The highest BCUT2D eigenvalue weighted by molar-refractivity contribution is 5.99. The Labute approximate surface area is 194 Å². The third-order valence-electron chi connectivity index (χ3n) is 7.11. The molecular formula is C26H33NO6. The second-order valence-corrected chi connectivity index (χ2v) is 9.28. The maximum absolute atomic E-state index is 12.7. The van der Waals surface area contributed by atoms with Crippen LogP contribution in [-0.4, -0.2) is 33.0 Å². The van der Waals surface area contributed by atoms with E-state index in [0.717, 1.165) is 37.8 Å². The molecule has 1 fully saturated rings. The zero-order chi connectivity index (χ0) is 24.1. The number of aromatic carboxylic acids is 1. The summed E-state index contributed by atoms with van der Waals surface area (Å²) in [6, 6.07) is 2.20. The Hall–Kier alpha value is -3.09. The number of ketones is 1. The molecule has 33 heavy (non-hydrogen) atoms. The van der Waals surface area contributed by atoms with Crippen molar-refractivity contribution in [2.45, 2.75) is 58.3 Å². The standard InChI is InChI=1S/C26H33NO6/c1-3-4-17-14-21-16(5-8-19(28)9-6-18(21)13-15(17)2)7-12-23(30)27-24-22(29)11-10-20(25(24)31)26(32)33/h6,9-11,16-18,21,29,31H,2-5,7-8,12-14H2,1H3,(H,27,30)(H,32,33)/t16-,17?,18?,21?/m1/s1. The normalized spacial score (nSPS) is 25.1. The number of carboxylic acids is 1. The predicted octanol–water partition coefficient (Wildman–Crippen LogP) is 5.05. The summed E-state index contributed by atoms with van der Waals surface area (Å²) in [5.41, 5.74) is 0.544. The van der Waals surface area contributed by atoms with E-state index in [2.05, 4.69) is 18.8 Å². The number of phenolic OH excluding ortho intramolecular Hbond substituents is 1. The first-order valence-electron chi connectivity index (χ1n) is 11.7. The van der Waals surface area contributed by atoms with Gasteiger partial charge in [0.15, 0.2) is 11.5 Å². The van der Waals surface area contributed by atoms with Gasteiger partial charge in [0.2, 0.25) is 5.91 Å². The SMILES string of the molecule is C=C1CC2C=CC(=O)CC[C@H](CCC(=O)Nc3c(O)ccc(C(=O)O)c3O)C2CC1CCC. The molecule has 1 aromatic rings. The largest absolute Gasteiger partial charge is 0.506 e. The zero-order valence-electron chi connectivity index (χ0n) is 19.0. The molecule has 7 nitrogen and oxygen atoms in total. The first-order chi connectivity index (χ1) is 15.7. The molecule has 4 N–H and O–H groups in total. The number of carbonyl (C=O) groups is 3. The summed E-state index contributed by atoms with van der Waals surface area (Å²) in [7, 11) is 0. The van der Waals surface area contributed by atoms with E-state index in [-0.39, 0.29) is 29.7 Å². The molecule has 0 heterocycles. The Balaban J connectivity index is 1.72. The minimum absolute atomic E-state index is 0.101. The fraction of sp³-hybridized carbons (Fsp3) is 0.500. The lowest BCUT2D eigenvalue weighted by atomic mass is 9.63. The molecular weight excluding hydrogens is 422 g/mol. The van der Waals surface area contributed by atoms with Crippen LogP contribution in [0.3, 0.4) is 0 Å². The molecule has 1 amide bonds. The second kappa shape index (κ2) is 10.7. The lowest BCUT2D eigenvalue weighted by Gasteiger charge is -2.41. The molecule has 1 saturated carbocycles. The van der Waals surface area contributed by atoms with Gasteiger partial charge in [-0.15, -0.1) is 0 Å². The van der Waals surface area contributed by atoms with E-state index in [1.54, 1.807) is 6.08 Å². The van der Waals surface area contributed by atoms with Crippen molar-refractivity contribution in [3.8, 4) is 11.5 Å². The van der Waals surface area contributed by atoms with Gasteiger partial charge in [0, 0.05) is 12.8 Å². The molecule has 3 rings (SSSR count). The van der Waals surface area contributed by atoms with Crippen molar-refractivity contribution in [1.82, 2.24) is 0 Å². The molecule has 0 radical (unpaired) electrons. The summed E-state index contributed by atoms with van der Waals surface area (Å²) in [5, 5.41) is 31.8. The van der Waals surface area contributed by atoms with Crippen LogP contribution in [-0.2, 0) is 9.59 Å². The summed E-state index contributed by atoms with van der Waals surface area (Å²) >= 11 is 0. The Morgan fingerprint density at radius 3 is 2.67 bits per heavy atom. The van der Waals surface area contributed by atoms with E-state index < -0.39 is 28.9 Å². The first kappa shape index (κ1) is 24.6. The van der Waals surface area contributed by atoms with E-state index in [4.69, 9.17) is 5.11 Å². The highest BCUT2D eigenvalue weighted by Crippen LogP contribution is 2.46. The Morgan fingerprint density at radius 2 is 1.97 bits per heavy atom. The molecule has 0 aliphatic heterocycles. The van der Waals surface area contributed by atoms with Crippen LogP contribution in [0.2, 0.25) is 0 Å². The van der Waals surface area contributed by atoms with Gasteiger partial charge < -0.3 is 20.6 Å². The fourth-order valence-electron chi connectivity index (χ4n) is 5.32. The lowest BCUT2D eigenvalue weighted by Crippen LogP contribution is -2.33. The number of phenols is 2. The van der Waals surface area contributed by atoms with Crippen molar-refractivity contribution in [2.75, 3.05) is 5.32 Å². The van der Waals surface area contributed by atoms with Gasteiger partial charge in [-0.1, -0.05) is 31.6 Å². The van der Waals surface area contributed by atoms with Crippen LogP contribution in [0, 0.1) is 23.7 Å². The fourth-order valence-corrected chi connectivity index (χ4v) is 5.32. The van der Waals surface area contributed by atoms with Gasteiger partial charge in [-0.2, -0.15) is 0 Å². The van der Waals surface area contributed by atoms with Gasteiger partial charge >= 0.3 is 5.97 Å². The van der Waals surface area contributed by atoms with Crippen molar-refractivity contribution in [2.24, 2.45) is 23.7 Å². The van der Waals surface area contributed by atoms with Crippen molar-refractivity contribution in [3.05, 3.63) is 42.0 Å². The van der Waals surface area contributed by atoms with E-state index in [9.17, 15) is 24.6 Å². The number of benzene rings is 1. The van der Waals surface area contributed by atoms with E-state index >= 15 is 0 Å². The topological polar surface area (TPSA) is 124 Å². The number of carbonyl (C=O) groups excluding carboxylic acids is 2. The Kier molecular flexibility index (Phi) is 7.95. The van der Waals surface area contributed by atoms with Crippen LogP contribution in [0.15, 0.2) is 36.4 Å². The van der Waals surface area contributed by atoms with Crippen LogP contribution in [0.1, 0.15) is 68.6 Å². The molecule has 0 spiro atoms. The number of anilines is 1. The number of nitrogens with one attached hydrogen (secondary N) is 1. The lowest BCUT2D eigenvalue weighted by molar-refractivity contribution is -0.116. The molecule has 1 aromatic carbocycles. The predicted molar refractivity (Wildman–Crippen MR) is 125 cm³/mol. The average molecular weight is 456 g/mol. The number of amides is 1. The Morgan fingerprint density at radius 1 is 1.21 bits per heavy atom. The van der Waals surface area contributed by atoms with Gasteiger partial charge in [-0.05, 0) is 74.0 Å². The van der Waals surface area contributed by atoms with Crippen LogP contribution in [0.4, 0.5) is 5.69 Å². The van der Waals surface area contributed by atoms with Crippen molar-refractivity contribution in [3.63, 3.8) is 0 Å². The molecule has 0 bridgehead atoms. The quantitative estimate of drug-likeness (QED) is 0.337. The summed E-state index contributed by atoms with van der Waals surface area (Å²) in [6.07, 6.45) is 9.66. The average Bonchev–Trinajstić information content (AvgIpc) is 2.75. The number of hydrogen-bond donors (Lipinski definition) is 4. The molecule has 3 unspecified atom stereocenters. The zero-order valence-corrected chi connectivity index (χ0v) is 19.0. The van der Waals surface area contributed by atoms with Crippen molar-refractivity contribution in [1.29, 1.82) is 0 Å². The van der Waals surface area contributed by atoms with Gasteiger partial charge in [-0.3, -0.25) is 9.59 Å². The molecule has 4 atom stereocenters. The molecule has 178 valence electrons. The maximum atomic E-state index is 12.7. The van der Waals surface area contributed by atoms with Gasteiger partial charge in [0.05, 0.1) is 0 Å². The molecule has 0 saturated heterocycles. The number of fused-ring (bicyclic) bond motifs is 1. The van der Waals surface area contributed by atoms with Crippen molar-refractivity contribution >= 4 is 23.3 Å². The van der Waals surface area contributed by atoms with Crippen LogP contribution in [0.25, 0.3) is 0 Å². The van der Waals surface area contributed by atoms with Crippen LogP contribution >= 0.6 is 0 Å². The summed E-state index contributed by atoms with van der Waals surface area (Å²) in [4.78, 5) is 36.0. The van der Waals surface area contributed by atoms with Gasteiger partial charge in [-0.25, -0.2) is 4.79 Å². The summed E-state index contributed by atoms with van der Waals surface area (Å²) < 4.78 is 0. The first-order valence-corrected chi connectivity index (χ1v) is 11.7. The number of hydrogen-bond acceptors (Lipinski definition) is 5. The smallest absolute Gasteiger partial charge is 0.339 e. The van der Waals surface area contributed by atoms with Gasteiger partial charge in [0.25, 0.3) is 0 Å². The minimum Gasteiger partial charge on any atom is -0.506 e. The monoisotopic (exact) mass is 455 g/mol. The number of rotatable bonds is 7. The number of carboxylic acid groups (broad SMARTS) is 1. The van der Waals surface area contributed by atoms with Gasteiger partial charge in [0.1, 0.15) is 17.0 Å². The number of aromatic hydroxyl groups is 2. The number of allylic oxidation sites excluding steroid dienone is 3. The summed E-state index contributed by atoms with van der Waals surface area (Å²) in [5.74, 6) is -1.50. The van der Waals surface area contributed by atoms with Crippen LogP contribution < -0.4 is 5.32 Å². The summed E-state index contributed by atoms with van der Waals surface area (Å²) in [6.45, 7) is 6.46. The van der Waals surface area contributed by atoms with Crippen molar-refractivity contribution < 1.29 is 29.7 Å². The highest BCUT2D eigenvalue weighted by atomic mass is 16.4. The van der Waals surface area contributed by atoms with E-state index in [1.807, 2.05) is 6.08 Å². The van der Waals surface area contributed by atoms with Crippen LogP contribution in [0.5, 0.6) is 11.5 Å². The Bertz CT molecular complexity index is 966. The third-order valence-corrected chi connectivity index (χ3v) is 7.11. The van der Waals surface area contributed by atoms with E-state index in [0.29, 0.717) is 31.1 Å². The maximum Gasteiger partial charge on any atom is 0.339 e. The second-order valence-electron chi connectivity index (χ2n) is 9.28. The highest BCUT2D eigenvalue weighted by Gasteiger charge is 2.37. The third kappa shape index (κ3) is 5.83. The molecule has 7 heteroatoms. The molecule has 2 aliphatic rings. The molecule has 0 aromatic heterocycles. The van der Waals surface area contributed by atoms with E-state index in [1.165, 1.54) is 5.57 Å².